The number of carbonyl (C=O) groups excluding carboxylic acids is 2. The molecular formula is C31H30N4O5S. The Kier molecular flexibility index (Phi) is 8.69. The maximum atomic E-state index is 13.7. The first-order valence-corrected chi connectivity index (χ1v) is 14.0. The third-order valence-corrected chi connectivity index (χ3v) is 7.51. The topological polar surface area (TPSA) is 102 Å². The molecule has 9 nitrogen and oxygen atoms in total. The number of fused-ring (bicyclic) bond motifs is 1. The van der Waals surface area contributed by atoms with Gasteiger partial charge >= 0.3 is 5.97 Å². The van der Waals surface area contributed by atoms with Gasteiger partial charge in [0, 0.05) is 23.0 Å². The number of amidine groups is 1. The van der Waals surface area contributed by atoms with Gasteiger partial charge in [0.2, 0.25) is 5.91 Å². The van der Waals surface area contributed by atoms with Crippen LogP contribution in [0.4, 0.5) is 0 Å². The van der Waals surface area contributed by atoms with Crippen molar-refractivity contribution in [3.05, 3.63) is 106 Å². The van der Waals surface area contributed by atoms with Crippen LogP contribution in [0.25, 0.3) is 5.70 Å². The van der Waals surface area contributed by atoms with E-state index in [1.54, 1.807) is 39.5 Å². The van der Waals surface area contributed by atoms with Gasteiger partial charge in [0.15, 0.2) is 5.17 Å². The summed E-state index contributed by atoms with van der Waals surface area (Å²) in [6.45, 7) is 2.26. The fourth-order valence-corrected chi connectivity index (χ4v) is 5.67. The first-order valence-electron chi connectivity index (χ1n) is 13.1. The number of rotatable bonds is 10. The molecule has 1 aromatic heterocycles. The predicted molar refractivity (Wildman–Crippen MR) is 158 cm³/mol. The van der Waals surface area contributed by atoms with Gasteiger partial charge in [-0.1, -0.05) is 48.2 Å². The van der Waals surface area contributed by atoms with Crippen LogP contribution < -0.4 is 14.8 Å². The van der Waals surface area contributed by atoms with Crippen LogP contribution in [0.15, 0.2) is 94.6 Å². The smallest absolute Gasteiger partial charge is 0.338 e. The summed E-state index contributed by atoms with van der Waals surface area (Å²) in [5.74, 6) is 0.470. The summed E-state index contributed by atoms with van der Waals surface area (Å²) in [5.41, 5.74) is 3.75. The number of aromatic nitrogens is 1. The summed E-state index contributed by atoms with van der Waals surface area (Å²) in [7, 11) is 3.16. The van der Waals surface area contributed by atoms with E-state index >= 15 is 0 Å². The minimum atomic E-state index is -0.702. The van der Waals surface area contributed by atoms with Crippen LogP contribution >= 0.6 is 11.8 Å². The number of hydrogen-bond donors (Lipinski definition) is 1. The van der Waals surface area contributed by atoms with Crippen molar-refractivity contribution in [1.29, 1.82) is 0 Å². The van der Waals surface area contributed by atoms with E-state index < -0.39 is 12.0 Å². The van der Waals surface area contributed by atoms with Crippen molar-refractivity contribution in [3.63, 3.8) is 0 Å². The zero-order chi connectivity index (χ0) is 28.8. The van der Waals surface area contributed by atoms with Crippen LogP contribution in [-0.4, -0.2) is 47.8 Å². The maximum Gasteiger partial charge on any atom is 0.338 e. The molecule has 41 heavy (non-hydrogen) atoms. The van der Waals surface area contributed by atoms with E-state index in [-0.39, 0.29) is 18.9 Å². The summed E-state index contributed by atoms with van der Waals surface area (Å²) in [6.07, 6.45) is 1.76. The highest BCUT2D eigenvalue weighted by Crippen LogP contribution is 2.49. The van der Waals surface area contributed by atoms with E-state index in [1.165, 1.54) is 11.8 Å². The number of ether oxygens (including phenoxy) is 3. The van der Waals surface area contributed by atoms with Gasteiger partial charge in [0.25, 0.3) is 0 Å². The highest BCUT2D eigenvalue weighted by molar-refractivity contribution is 8.16. The molecule has 5 rings (SSSR count). The Balaban J connectivity index is 1.59. The molecule has 10 heteroatoms. The molecule has 2 aliphatic heterocycles. The zero-order valence-electron chi connectivity index (χ0n) is 23.0. The molecule has 0 saturated carbocycles. The molecule has 0 bridgehead atoms. The highest BCUT2D eigenvalue weighted by Gasteiger charge is 2.43. The summed E-state index contributed by atoms with van der Waals surface area (Å²) >= 11 is 1.40. The average molecular weight is 571 g/mol. The first kappa shape index (κ1) is 28.0. The Morgan fingerprint density at radius 3 is 2.54 bits per heavy atom. The summed E-state index contributed by atoms with van der Waals surface area (Å²) in [4.78, 5) is 38.0. The van der Waals surface area contributed by atoms with Crippen molar-refractivity contribution in [1.82, 2.24) is 15.2 Å². The number of nitrogens with one attached hydrogen (secondary N) is 1. The number of nitrogens with zero attached hydrogens (tertiary/aromatic N) is 3. The molecule has 3 aromatic rings. The van der Waals surface area contributed by atoms with Gasteiger partial charge in [-0.05, 0) is 42.7 Å². The number of amides is 1. The molecule has 2 aliphatic rings. The largest absolute Gasteiger partial charge is 0.497 e. The Morgan fingerprint density at radius 1 is 1.02 bits per heavy atom. The van der Waals surface area contributed by atoms with Crippen molar-refractivity contribution in [2.24, 2.45) is 4.99 Å². The van der Waals surface area contributed by atoms with E-state index in [1.807, 2.05) is 64.9 Å². The second-order valence-corrected chi connectivity index (χ2v) is 9.96. The van der Waals surface area contributed by atoms with Crippen molar-refractivity contribution < 1.29 is 23.8 Å². The normalized spacial score (nSPS) is 16.0. The van der Waals surface area contributed by atoms with Gasteiger partial charge < -0.3 is 24.4 Å². The molecule has 3 heterocycles. The molecule has 0 saturated heterocycles. The third-order valence-electron chi connectivity index (χ3n) is 6.62. The van der Waals surface area contributed by atoms with Crippen LogP contribution in [0.5, 0.6) is 11.5 Å². The Bertz CT molecular complexity index is 1520. The van der Waals surface area contributed by atoms with Crippen molar-refractivity contribution in [2.45, 2.75) is 25.9 Å². The van der Waals surface area contributed by atoms with Gasteiger partial charge in [-0.25, -0.2) is 9.79 Å². The fourth-order valence-electron chi connectivity index (χ4n) is 4.75. The van der Waals surface area contributed by atoms with Crippen molar-refractivity contribution in [3.8, 4) is 11.5 Å². The van der Waals surface area contributed by atoms with E-state index in [0.717, 1.165) is 11.3 Å². The minimum absolute atomic E-state index is 0.0679. The second-order valence-electron chi connectivity index (χ2n) is 9.13. The number of pyridine rings is 1. The lowest BCUT2D eigenvalue weighted by molar-refractivity contribution is -0.139. The molecule has 0 aliphatic carbocycles. The van der Waals surface area contributed by atoms with Gasteiger partial charge in [-0.15, -0.1) is 0 Å². The van der Waals surface area contributed by atoms with Gasteiger partial charge in [0.1, 0.15) is 11.5 Å². The molecule has 0 radical (unpaired) electrons. The molecule has 1 N–H and O–H groups in total. The molecule has 1 atom stereocenters. The summed E-state index contributed by atoms with van der Waals surface area (Å²) in [5, 5.41) is 5.48. The van der Waals surface area contributed by atoms with Crippen LogP contribution in [0.1, 0.15) is 36.2 Å². The van der Waals surface area contributed by atoms with Gasteiger partial charge in [0.05, 0.1) is 56.8 Å². The molecule has 1 unspecified atom stereocenters. The van der Waals surface area contributed by atoms with Crippen LogP contribution in [0.3, 0.4) is 0 Å². The first-order chi connectivity index (χ1) is 20.0. The number of thioether (sulfide) groups is 1. The van der Waals surface area contributed by atoms with E-state index in [0.29, 0.717) is 45.7 Å². The lowest BCUT2D eigenvalue weighted by atomic mass is 9.90. The number of esters is 1. The lowest BCUT2D eigenvalue weighted by Gasteiger charge is -2.37. The molecule has 210 valence electrons. The fraction of sp³-hybridized carbons (Fsp3) is 0.226. The molecule has 0 spiro atoms. The monoisotopic (exact) mass is 570 g/mol. The number of aliphatic imine (C=N–C) groups is 1. The standard InChI is InChI=1S/C31H30N4O5S/c1-4-40-30(37)27-28(20-10-6-5-7-11-20)34-31-35(29(27)24-17-23(38-2)13-14-25(24)39-3)22(19-41-31)16-26(36)33-18-21-12-8-9-15-32-21/h5-15,17,19,29H,4,16,18H2,1-3H3,(H,33,36). The number of benzene rings is 2. The van der Waals surface area contributed by atoms with E-state index in [2.05, 4.69) is 10.3 Å². The van der Waals surface area contributed by atoms with Crippen LogP contribution in [0, 0.1) is 0 Å². The second kappa shape index (κ2) is 12.7. The summed E-state index contributed by atoms with van der Waals surface area (Å²) < 4.78 is 16.9. The number of methoxy groups -OCH3 is 2. The van der Waals surface area contributed by atoms with Crippen molar-refractivity contribution in [2.75, 3.05) is 20.8 Å². The van der Waals surface area contributed by atoms with Crippen LogP contribution in [0.2, 0.25) is 0 Å². The minimum Gasteiger partial charge on any atom is -0.497 e. The maximum absolute atomic E-state index is 13.7. The van der Waals surface area contributed by atoms with Gasteiger partial charge in [-0.2, -0.15) is 0 Å². The number of carbonyl (C=O) groups is 2. The highest BCUT2D eigenvalue weighted by atomic mass is 32.2. The summed E-state index contributed by atoms with van der Waals surface area (Å²) in [6, 6.07) is 19.8. The lowest BCUT2D eigenvalue weighted by Crippen LogP contribution is -2.38. The Hall–Kier alpha value is -4.57. The molecule has 1 amide bonds. The molecule has 0 fully saturated rings. The number of hydrogen-bond acceptors (Lipinski definition) is 9. The zero-order valence-corrected chi connectivity index (χ0v) is 23.8. The van der Waals surface area contributed by atoms with Crippen LogP contribution in [-0.2, 0) is 20.9 Å². The SMILES string of the molecule is CCOC(=O)C1=C(c2ccccc2)N=C2SC=C(CC(=O)NCc3ccccn3)N2C1c1cc(OC)ccc1OC. The van der Waals surface area contributed by atoms with E-state index in [4.69, 9.17) is 19.2 Å². The third kappa shape index (κ3) is 5.97. The Labute approximate surface area is 242 Å². The van der Waals surface area contributed by atoms with E-state index in [9.17, 15) is 9.59 Å². The average Bonchev–Trinajstić information content (AvgIpc) is 3.41. The van der Waals surface area contributed by atoms with Crippen molar-refractivity contribution >= 4 is 34.5 Å². The Morgan fingerprint density at radius 2 is 1.83 bits per heavy atom. The molecular weight excluding hydrogens is 540 g/mol. The predicted octanol–water partition coefficient (Wildman–Crippen LogP) is 5.08. The quantitative estimate of drug-likeness (QED) is 0.337. The molecule has 2 aromatic carbocycles. The van der Waals surface area contributed by atoms with Gasteiger partial charge in [-0.3, -0.25) is 9.78 Å².